The maximum atomic E-state index is 13.4. The van der Waals surface area contributed by atoms with Crippen LogP contribution in [0.15, 0.2) is 59.6 Å². The molecule has 2 heterocycles. The van der Waals surface area contributed by atoms with Gasteiger partial charge in [0.1, 0.15) is 11.6 Å². The third-order valence-corrected chi connectivity index (χ3v) is 9.11. The molecule has 0 radical (unpaired) electrons. The molecule has 0 aromatic heterocycles. The number of thioether (sulfide) groups is 1. The number of nitrogens with zero attached hydrogens (tertiary/aromatic N) is 2. The minimum Gasteiger partial charge on any atom is -0.444 e. The van der Waals surface area contributed by atoms with Gasteiger partial charge in [-0.2, -0.15) is 4.99 Å². The SMILES string of the molecule is CC(C)(C)OC(=O)N[C@H](Cc1ccccc1)C(=O)N=C1S[C@@H]2CS(=O)(=O)C[C@H]2N1c1ccc(Cl)cc1. The van der Waals surface area contributed by atoms with Crippen molar-refractivity contribution in [3.05, 3.63) is 65.2 Å². The molecule has 0 aliphatic carbocycles. The number of carbonyl (C=O) groups excluding carboxylic acids is 2. The van der Waals surface area contributed by atoms with E-state index in [0.717, 1.165) is 5.56 Å². The number of halogens is 1. The number of anilines is 1. The smallest absolute Gasteiger partial charge is 0.408 e. The van der Waals surface area contributed by atoms with Gasteiger partial charge >= 0.3 is 6.09 Å². The van der Waals surface area contributed by atoms with E-state index in [0.29, 0.717) is 15.9 Å². The van der Waals surface area contributed by atoms with E-state index in [9.17, 15) is 18.0 Å². The molecule has 192 valence electrons. The van der Waals surface area contributed by atoms with Gasteiger partial charge in [0.2, 0.25) is 0 Å². The first-order chi connectivity index (χ1) is 16.9. The molecule has 2 aromatic rings. The van der Waals surface area contributed by atoms with Crippen molar-refractivity contribution in [2.75, 3.05) is 16.4 Å². The number of amides is 2. The molecule has 0 spiro atoms. The molecule has 3 atom stereocenters. The number of alkyl carbamates (subject to hydrolysis) is 1. The van der Waals surface area contributed by atoms with E-state index in [4.69, 9.17) is 16.3 Å². The van der Waals surface area contributed by atoms with E-state index >= 15 is 0 Å². The molecule has 2 amide bonds. The zero-order chi connectivity index (χ0) is 26.1. The normalized spacial score (nSPS) is 22.8. The van der Waals surface area contributed by atoms with Crippen LogP contribution in [0.3, 0.4) is 0 Å². The molecule has 2 aliphatic rings. The highest BCUT2D eigenvalue weighted by atomic mass is 35.5. The van der Waals surface area contributed by atoms with Gasteiger partial charge in [-0.1, -0.05) is 53.7 Å². The molecule has 0 bridgehead atoms. The summed E-state index contributed by atoms with van der Waals surface area (Å²) in [6, 6.07) is 15.0. The lowest BCUT2D eigenvalue weighted by atomic mass is 10.1. The average Bonchev–Trinajstić information content (AvgIpc) is 3.24. The Hall–Kier alpha value is -2.56. The number of benzene rings is 2. The van der Waals surface area contributed by atoms with Crippen molar-refractivity contribution in [1.29, 1.82) is 0 Å². The summed E-state index contributed by atoms with van der Waals surface area (Å²) in [5.74, 6) is -0.554. The number of rotatable bonds is 5. The van der Waals surface area contributed by atoms with Crippen molar-refractivity contribution in [2.24, 2.45) is 4.99 Å². The molecule has 36 heavy (non-hydrogen) atoms. The summed E-state index contributed by atoms with van der Waals surface area (Å²) in [5, 5.41) is 3.36. The Morgan fingerprint density at radius 3 is 2.44 bits per heavy atom. The standard InChI is InChI=1S/C25H28ClN3O5S2/c1-25(2,3)34-24(31)27-19(13-16-7-5-4-6-8-16)22(30)28-23-29(18-11-9-17(26)10-12-18)20-14-36(32,33)15-21(20)35-23/h4-12,19-21H,13-15H2,1-3H3,(H,27,31)/t19-,20-,21-/m1/s1. The molecule has 4 rings (SSSR count). The lowest BCUT2D eigenvalue weighted by Crippen LogP contribution is -2.45. The Morgan fingerprint density at radius 2 is 1.81 bits per heavy atom. The van der Waals surface area contributed by atoms with Gasteiger partial charge in [0.25, 0.3) is 5.91 Å². The molecule has 2 aromatic carbocycles. The number of carbonyl (C=O) groups is 2. The fourth-order valence-corrected chi connectivity index (χ4v) is 8.19. The second-order valence-electron chi connectivity index (χ2n) is 9.77. The van der Waals surface area contributed by atoms with Crippen molar-refractivity contribution in [3.63, 3.8) is 0 Å². The van der Waals surface area contributed by atoms with Crippen LogP contribution in [0.5, 0.6) is 0 Å². The molecular formula is C25H28ClN3O5S2. The van der Waals surface area contributed by atoms with Gasteiger partial charge in [-0.25, -0.2) is 13.2 Å². The second-order valence-corrected chi connectivity index (χ2v) is 13.6. The number of hydrogen-bond acceptors (Lipinski definition) is 6. The molecule has 2 fully saturated rings. The maximum Gasteiger partial charge on any atom is 0.408 e. The van der Waals surface area contributed by atoms with E-state index in [-0.39, 0.29) is 29.2 Å². The molecule has 8 nitrogen and oxygen atoms in total. The first-order valence-electron chi connectivity index (χ1n) is 11.5. The highest BCUT2D eigenvalue weighted by Crippen LogP contribution is 2.41. The highest BCUT2D eigenvalue weighted by molar-refractivity contribution is 8.16. The molecular weight excluding hydrogens is 522 g/mol. The monoisotopic (exact) mass is 549 g/mol. The van der Waals surface area contributed by atoms with Crippen molar-refractivity contribution in [1.82, 2.24) is 5.32 Å². The van der Waals surface area contributed by atoms with Crippen molar-refractivity contribution in [2.45, 2.75) is 50.1 Å². The van der Waals surface area contributed by atoms with Gasteiger partial charge in [0, 0.05) is 22.4 Å². The summed E-state index contributed by atoms with van der Waals surface area (Å²) < 4.78 is 30.0. The topological polar surface area (TPSA) is 105 Å². The number of fused-ring (bicyclic) bond motifs is 1. The third kappa shape index (κ3) is 6.60. The van der Waals surface area contributed by atoms with Gasteiger partial charge in [-0.3, -0.25) is 4.79 Å². The van der Waals surface area contributed by atoms with Gasteiger partial charge in [0.05, 0.1) is 17.5 Å². The summed E-state index contributed by atoms with van der Waals surface area (Å²) >= 11 is 7.32. The van der Waals surface area contributed by atoms with Crippen LogP contribution >= 0.6 is 23.4 Å². The highest BCUT2D eigenvalue weighted by Gasteiger charge is 2.49. The second kappa shape index (κ2) is 10.4. The average molecular weight is 550 g/mol. The molecule has 11 heteroatoms. The summed E-state index contributed by atoms with van der Waals surface area (Å²) in [7, 11) is -3.20. The van der Waals surface area contributed by atoms with Crippen LogP contribution in [-0.2, 0) is 25.8 Å². The summed E-state index contributed by atoms with van der Waals surface area (Å²) in [6.45, 7) is 5.23. The van der Waals surface area contributed by atoms with Gasteiger partial charge < -0.3 is 15.0 Å². The van der Waals surface area contributed by atoms with E-state index in [1.807, 2.05) is 30.3 Å². The fourth-order valence-electron chi connectivity index (χ4n) is 4.14. The van der Waals surface area contributed by atoms with Crippen LogP contribution in [0.2, 0.25) is 5.02 Å². The Labute approximate surface area is 220 Å². The quantitative estimate of drug-likeness (QED) is 0.599. The van der Waals surface area contributed by atoms with Crippen LogP contribution in [0, 0.1) is 0 Å². The number of amidine groups is 1. The molecule has 0 unspecified atom stereocenters. The molecule has 2 saturated heterocycles. The Bertz CT molecular complexity index is 1260. The summed E-state index contributed by atoms with van der Waals surface area (Å²) in [6.07, 6.45) is -0.490. The Morgan fingerprint density at radius 1 is 1.14 bits per heavy atom. The lowest BCUT2D eigenvalue weighted by molar-refractivity contribution is -0.119. The largest absolute Gasteiger partial charge is 0.444 e. The number of ether oxygens (including phenoxy) is 1. The number of nitrogens with one attached hydrogen (secondary N) is 1. The summed E-state index contributed by atoms with van der Waals surface area (Å²) in [5.41, 5.74) is 0.817. The zero-order valence-corrected chi connectivity index (χ0v) is 22.6. The maximum absolute atomic E-state index is 13.4. The summed E-state index contributed by atoms with van der Waals surface area (Å²) in [4.78, 5) is 32.2. The Kier molecular flexibility index (Phi) is 7.68. The van der Waals surface area contributed by atoms with Crippen molar-refractivity contribution < 1.29 is 22.7 Å². The number of hydrogen-bond donors (Lipinski definition) is 1. The fraction of sp³-hybridized carbons (Fsp3) is 0.400. The van der Waals surface area contributed by atoms with E-state index in [1.165, 1.54) is 11.8 Å². The predicted octanol–water partition coefficient (Wildman–Crippen LogP) is 4.08. The Balaban J connectivity index is 1.64. The molecule has 0 saturated carbocycles. The van der Waals surface area contributed by atoms with Gasteiger partial charge in [-0.05, 0) is 50.6 Å². The van der Waals surface area contributed by atoms with Crippen LogP contribution in [-0.4, -0.2) is 60.0 Å². The van der Waals surface area contributed by atoms with Crippen molar-refractivity contribution >= 4 is 56.1 Å². The zero-order valence-electron chi connectivity index (χ0n) is 20.2. The van der Waals surface area contributed by atoms with Crippen LogP contribution in [0.4, 0.5) is 10.5 Å². The van der Waals surface area contributed by atoms with Crippen LogP contribution in [0.1, 0.15) is 26.3 Å². The lowest BCUT2D eigenvalue weighted by Gasteiger charge is -2.25. The minimum atomic E-state index is -3.20. The van der Waals surface area contributed by atoms with Gasteiger partial charge in [-0.15, -0.1) is 0 Å². The predicted molar refractivity (Wildman–Crippen MR) is 143 cm³/mol. The molecule has 1 N–H and O–H groups in total. The number of sulfone groups is 1. The van der Waals surface area contributed by atoms with E-state index in [1.54, 1.807) is 49.9 Å². The third-order valence-electron chi connectivity index (χ3n) is 5.65. The van der Waals surface area contributed by atoms with E-state index < -0.39 is 33.5 Å². The number of aliphatic imine (C=N–C) groups is 1. The van der Waals surface area contributed by atoms with Crippen LogP contribution < -0.4 is 10.2 Å². The first-order valence-corrected chi connectivity index (χ1v) is 14.6. The first kappa shape index (κ1) is 26.5. The molecule has 2 aliphatic heterocycles. The van der Waals surface area contributed by atoms with Crippen molar-refractivity contribution in [3.8, 4) is 0 Å². The van der Waals surface area contributed by atoms with Gasteiger partial charge in [0.15, 0.2) is 15.0 Å². The van der Waals surface area contributed by atoms with Crippen LogP contribution in [0.25, 0.3) is 0 Å². The minimum absolute atomic E-state index is 0.0171. The van der Waals surface area contributed by atoms with E-state index in [2.05, 4.69) is 10.3 Å².